The van der Waals surface area contributed by atoms with Crippen LogP contribution in [0.4, 0.5) is 0 Å². The van der Waals surface area contributed by atoms with E-state index in [9.17, 15) is 4.79 Å². The summed E-state index contributed by atoms with van der Waals surface area (Å²) in [6.07, 6.45) is 3.71. The van der Waals surface area contributed by atoms with E-state index in [1.807, 2.05) is 0 Å². The predicted molar refractivity (Wildman–Crippen MR) is 73.4 cm³/mol. The Labute approximate surface area is 113 Å². The Hall–Kier alpha value is -0.0900. The van der Waals surface area contributed by atoms with Gasteiger partial charge in [-0.25, -0.2) is 0 Å². The molecule has 1 saturated heterocycles. The SMILES string of the molecule is CC(C)(C)C(CCBr)NC(=O)CC1CCCO1. The zero-order chi connectivity index (χ0) is 12.9. The molecule has 0 aromatic heterocycles. The van der Waals surface area contributed by atoms with Crippen molar-refractivity contribution < 1.29 is 9.53 Å². The van der Waals surface area contributed by atoms with Gasteiger partial charge in [0, 0.05) is 18.0 Å². The van der Waals surface area contributed by atoms with Gasteiger partial charge in [-0.05, 0) is 24.7 Å². The van der Waals surface area contributed by atoms with E-state index in [0.717, 1.165) is 31.2 Å². The average Bonchev–Trinajstić information content (AvgIpc) is 2.68. The Morgan fingerprint density at radius 2 is 2.24 bits per heavy atom. The van der Waals surface area contributed by atoms with Crippen molar-refractivity contribution >= 4 is 21.8 Å². The molecular weight excluding hydrogens is 282 g/mol. The number of hydrogen-bond acceptors (Lipinski definition) is 2. The topological polar surface area (TPSA) is 38.3 Å². The van der Waals surface area contributed by atoms with E-state index < -0.39 is 0 Å². The van der Waals surface area contributed by atoms with Crippen molar-refractivity contribution in [2.45, 2.75) is 58.6 Å². The Bertz CT molecular complexity index is 244. The second-order valence-corrected chi connectivity index (χ2v) is 6.60. The van der Waals surface area contributed by atoms with Crippen molar-refractivity contribution in [2.75, 3.05) is 11.9 Å². The van der Waals surface area contributed by atoms with Gasteiger partial charge >= 0.3 is 0 Å². The summed E-state index contributed by atoms with van der Waals surface area (Å²) in [6, 6.07) is 0.218. The minimum absolute atomic E-state index is 0.0972. The highest BCUT2D eigenvalue weighted by Crippen LogP contribution is 2.23. The van der Waals surface area contributed by atoms with Crippen LogP contribution in [0.5, 0.6) is 0 Å². The van der Waals surface area contributed by atoms with Crippen molar-refractivity contribution in [3.63, 3.8) is 0 Å². The first kappa shape index (κ1) is 15.0. The average molecular weight is 306 g/mol. The fourth-order valence-electron chi connectivity index (χ4n) is 2.10. The number of halogens is 1. The summed E-state index contributed by atoms with van der Waals surface area (Å²) < 4.78 is 5.48. The normalized spacial score (nSPS) is 22.5. The predicted octanol–water partition coefficient (Wildman–Crippen LogP) is 2.87. The lowest BCUT2D eigenvalue weighted by molar-refractivity contribution is -0.124. The van der Waals surface area contributed by atoms with Crippen LogP contribution in [0.15, 0.2) is 0 Å². The molecule has 2 atom stereocenters. The summed E-state index contributed by atoms with van der Waals surface area (Å²) in [4.78, 5) is 11.9. The van der Waals surface area contributed by atoms with Crippen LogP contribution in [-0.2, 0) is 9.53 Å². The van der Waals surface area contributed by atoms with Crippen LogP contribution in [0, 0.1) is 5.41 Å². The maximum atomic E-state index is 11.9. The first-order valence-electron chi connectivity index (χ1n) is 6.40. The third-order valence-corrected chi connectivity index (χ3v) is 3.67. The summed E-state index contributed by atoms with van der Waals surface area (Å²) in [6.45, 7) is 7.29. The van der Waals surface area contributed by atoms with Crippen molar-refractivity contribution in [3.05, 3.63) is 0 Å². The maximum Gasteiger partial charge on any atom is 0.222 e. The van der Waals surface area contributed by atoms with Crippen LogP contribution >= 0.6 is 15.9 Å². The van der Waals surface area contributed by atoms with Crippen LogP contribution in [0.3, 0.4) is 0 Å². The highest BCUT2D eigenvalue weighted by atomic mass is 79.9. The zero-order valence-corrected chi connectivity index (χ0v) is 12.7. The number of amides is 1. The third kappa shape index (κ3) is 5.38. The lowest BCUT2D eigenvalue weighted by Gasteiger charge is -2.31. The summed E-state index contributed by atoms with van der Waals surface area (Å²) in [5.41, 5.74) is 0.0972. The van der Waals surface area contributed by atoms with E-state index in [1.54, 1.807) is 0 Å². The van der Waals surface area contributed by atoms with Crippen molar-refractivity contribution in [1.82, 2.24) is 5.32 Å². The minimum atomic E-state index is 0.0972. The molecule has 1 aliphatic rings. The maximum absolute atomic E-state index is 11.9. The van der Waals surface area contributed by atoms with E-state index in [1.165, 1.54) is 0 Å². The number of alkyl halides is 1. The van der Waals surface area contributed by atoms with Gasteiger partial charge in [-0.15, -0.1) is 0 Å². The smallest absolute Gasteiger partial charge is 0.222 e. The molecule has 17 heavy (non-hydrogen) atoms. The molecule has 0 aliphatic carbocycles. The van der Waals surface area contributed by atoms with E-state index in [0.29, 0.717) is 6.42 Å². The molecule has 0 spiro atoms. The third-order valence-electron chi connectivity index (χ3n) is 3.22. The van der Waals surface area contributed by atoms with Gasteiger partial charge in [0.2, 0.25) is 5.91 Å². The van der Waals surface area contributed by atoms with Crippen molar-refractivity contribution in [2.24, 2.45) is 5.41 Å². The van der Waals surface area contributed by atoms with Crippen LogP contribution < -0.4 is 5.32 Å². The summed E-state index contributed by atoms with van der Waals surface area (Å²) in [7, 11) is 0. The molecule has 0 aromatic carbocycles. The monoisotopic (exact) mass is 305 g/mol. The van der Waals surface area contributed by atoms with E-state index in [-0.39, 0.29) is 23.5 Å². The minimum Gasteiger partial charge on any atom is -0.378 e. The molecular formula is C13H24BrNO2. The van der Waals surface area contributed by atoms with Gasteiger partial charge < -0.3 is 10.1 Å². The molecule has 0 aromatic rings. The Balaban J connectivity index is 2.40. The number of ether oxygens (including phenoxy) is 1. The molecule has 1 N–H and O–H groups in total. The second-order valence-electron chi connectivity index (χ2n) is 5.80. The fraction of sp³-hybridized carbons (Fsp3) is 0.923. The summed E-state index contributed by atoms with van der Waals surface area (Å²) >= 11 is 3.44. The molecule has 0 bridgehead atoms. The zero-order valence-electron chi connectivity index (χ0n) is 11.1. The molecule has 1 aliphatic heterocycles. The van der Waals surface area contributed by atoms with Gasteiger partial charge in [-0.1, -0.05) is 36.7 Å². The van der Waals surface area contributed by atoms with Gasteiger partial charge in [-0.2, -0.15) is 0 Å². The highest BCUT2D eigenvalue weighted by Gasteiger charge is 2.27. The van der Waals surface area contributed by atoms with E-state index >= 15 is 0 Å². The molecule has 1 fully saturated rings. The van der Waals surface area contributed by atoms with Gasteiger partial charge in [0.1, 0.15) is 0 Å². The van der Waals surface area contributed by atoms with E-state index in [4.69, 9.17) is 4.74 Å². The van der Waals surface area contributed by atoms with Crippen LogP contribution in [0.2, 0.25) is 0 Å². The highest BCUT2D eigenvalue weighted by molar-refractivity contribution is 9.09. The number of carbonyl (C=O) groups is 1. The largest absolute Gasteiger partial charge is 0.378 e. The van der Waals surface area contributed by atoms with Crippen LogP contribution in [0.25, 0.3) is 0 Å². The first-order valence-corrected chi connectivity index (χ1v) is 7.52. The van der Waals surface area contributed by atoms with Gasteiger partial charge in [-0.3, -0.25) is 4.79 Å². The Morgan fingerprint density at radius 3 is 2.71 bits per heavy atom. The molecule has 2 unspecified atom stereocenters. The molecule has 4 heteroatoms. The Morgan fingerprint density at radius 1 is 1.53 bits per heavy atom. The fourth-order valence-corrected chi connectivity index (χ4v) is 2.55. The molecule has 1 amide bonds. The molecule has 0 saturated carbocycles. The summed E-state index contributed by atoms with van der Waals surface area (Å²) in [5.74, 6) is 0.123. The molecule has 0 radical (unpaired) electrons. The van der Waals surface area contributed by atoms with Gasteiger partial charge in [0.05, 0.1) is 12.5 Å². The van der Waals surface area contributed by atoms with Crippen molar-refractivity contribution in [1.29, 1.82) is 0 Å². The number of rotatable bonds is 5. The Kier molecular flexibility index (Phi) is 5.93. The van der Waals surface area contributed by atoms with Crippen molar-refractivity contribution in [3.8, 4) is 0 Å². The van der Waals surface area contributed by atoms with Gasteiger partial charge in [0.15, 0.2) is 0 Å². The first-order chi connectivity index (χ1) is 7.93. The standard InChI is InChI=1S/C13H24BrNO2/c1-13(2,3)11(6-7-14)15-12(16)9-10-5-4-8-17-10/h10-11H,4-9H2,1-3H3,(H,15,16). The lowest BCUT2D eigenvalue weighted by Crippen LogP contribution is -2.44. The molecule has 100 valence electrons. The number of carbonyl (C=O) groups excluding carboxylic acids is 1. The van der Waals surface area contributed by atoms with Crippen LogP contribution in [-0.4, -0.2) is 30.0 Å². The molecule has 1 heterocycles. The number of nitrogens with one attached hydrogen (secondary N) is 1. The molecule has 3 nitrogen and oxygen atoms in total. The lowest BCUT2D eigenvalue weighted by atomic mass is 9.85. The number of hydrogen-bond donors (Lipinski definition) is 1. The summed E-state index contributed by atoms with van der Waals surface area (Å²) in [5, 5.41) is 4.05. The quantitative estimate of drug-likeness (QED) is 0.793. The van der Waals surface area contributed by atoms with Gasteiger partial charge in [0.25, 0.3) is 0 Å². The van der Waals surface area contributed by atoms with E-state index in [2.05, 4.69) is 42.0 Å². The molecule has 1 rings (SSSR count). The van der Waals surface area contributed by atoms with Crippen LogP contribution in [0.1, 0.15) is 46.5 Å². The second kappa shape index (κ2) is 6.74.